The summed E-state index contributed by atoms with van der Waals surface area (Å²) in [5.74, 6) is 0.466. The lowest BCUT2D eigenvalue weighted by Crippen LogP contribution is -2.36. The molecule has 0 aliphatic carbocycles. The van der Waals surface area contributed by atoms with Crippen molar-refractivity contribution in [2.75, 3.05) is 0 Å². The van der Waals surface area contributed by atoms with E-state index in [-0.39, 0.29) is 5.91 Å². The molecule has 3 heterocycles. The fourth-order valence-corrected chi connectivity index (χ4v) is 3.51. The molecule has 1 unspecified atom stereocenters. The van der Waals surface area contributed by atoms with Gasteiger partial charge in [-0.1, -0.05) is 36.4 Å². The molecule has 1 aromatic carbocycles. The van der Waals surface area contributed by atoms with Crippen LogP contribution in [-0.2, 0) is 17.8 Å². The van der Waals surface area contributed by atoms with Crippen molar-refractivity contribution < 1.29 is 9.53 Å². The Morgan fingerprint density at radius 3 is 2.88 bits per heavy atom. The molecule has 0 saturated carbocycles. The van der Waals surface area contributed by atoms with Crippen LogP contribution in [0.25, 0.3) is 11.1 Å². The van der Waals surface area contributed by atoms with Crippen LogP contribution in [0.4, 0.5) is 0 Å². The van der Waals surface area contributed by atoms with Crippen molar-refractivity contribution in [3.8, 4) is 17.0 Å². The molecule has 1 aliphatic heterocycles. The first-order valence-electron chi connectivity index (χ1n) is 7.81. The summed E-state index contributed by atoms with van der Waals surface area (Å²) in [7, 11) is 0. The number of hydrogen-bond acceptors (Lipinski definition) is 4. The number of ether oxygens (including phenoxy) is 1. The molecule has 1 amide bonds. The van der Waals surface area contributed by atoms with Gasteiger partial charge in [0.05, 0.1) is 6.54 Å². The van der Waals surface area contributed by atoms with Crippen LogP contribution in [0.15, 0.2) is 60.1 Å². The number of thiophene rings is 1. The summed E-state index contributed by atoms with van der Waals surface area (Å²) in [5.41, 5.74) is 3.19. The maximum absolute atomic E-state index is 12.4. The number of fused-ring (bicyclic) bond motifs is 1. The van der Waals surface area contributed by atoms with Crippen LogP contribution in [0.1, 0.15) is 10.4 Å². The molecular weight excluding hydrogens is 320 g/mol. The van der Waals surface area contributed by atoms with Gasteiger partial charge in [0, 0.05) is 23.1 Å². The van der Waals surface area contributed by atoms with Crippen molar-refractivity contribution in [2.45, 2.75) is 19.1 Å². The smallest absolute Gasteiger partial charge is 0.261 e. The number of aromatic nitrogens is 1. The second-order valence-electron chi connectivity index (χ2n) is 5.62. The molecule has 24 heavy (non-hydrogen) atoms. The van der Waals surface area contributed by atoms with E-state index in [1.165, 1.54) is 0 Å². The highest BCUT2D eigenvalue weighted by molar-refractivity contribution is 7.09. The van der Waals surface area contributed by atoms with Crippen molar-refractivity contribution >= 4 is 17.2 Å². The molecular formula is C19H16N2O2S. The maximum Gasteiger partial charge on any atom is 0.261 e. The highest BCUT2D eigenvalue weighted by atomic mass is 32.1. The summed E-state index contributed by atoms with van der Waals surface area (Å²) in [4.78, 5) is 17.8. The van der Waals surface area contributed by atoms with Crippen molar-refractivity contribution in [2.24, 2.45) is 0 Å². The summed E-state index contributed by atoms with van der Waals surface area (Å²) < 4.78 is 5.78. The number of hydrogen-bond donors (Lipinski definition) is 1. The third-order valence-electron chi connectivity index (χ3n) is 4.05. The number of pyridine rings is 1. The Morgan fingerprint density at radius 1 is 1.21 bits per heavy atom. The van der Waals surface area contributed by atoms with Gasteiger partial charge in [0.15, 0.2) is 6.10 Å². The third kappa shape index (κ3) is 2.90. The van der Waals surface area contributed by atoms with Crippen molar-refractivity contribution in [3.05, 3.63) is 70.5 Å². The molecule has 1 N–H and O–H groups in total. The molecule has 4 rings (SSSR count). The number of amides is 1. The fourth-order valence-electron chi connectivity index (χ4n) is 2.87. The van der Waals surface area contributed by atoms with E-state index in [1.807, 2.05) is 41.8 Å². The molecule has 0 radical (unpaired) electrons. The Bertz CT molecular complexity index is 847. The largest absolute Gasteiger partial charge is 0.464 e. The summed E-state index contributed by atoms with van der Waals surface area (Å²) in [6.07, 6.45) is 1.76. The lowest BCUT2D eigenvalue weighted by Gasteiger charge is -2.10. The van der Waals surface area contributed by atoms with E-state index in [0.29, 0.717) is 18.8 Å². The summed E-state index contributed by atoms with van der Waals surface area (Å²) >= 11 is 1.63. The highest BCUT2D eigenvalue weighted by Crippen LogP contribution is 2.35. The fraction of sp³-hybridized carbons (Fsp3) is 0.158. The first-order valence-corrected chi connectivity index (χ1v) is 8.69. The average Bonchev–Trinajstić information content (AvgIpc) is 3.29. The number of carbonyl (C=O) groups excluding carboxylic acids is 1. The zero-order valence-corrected chi connectivity index (χ0v) is 13.8. The molecule has 0 fully saturated rings. The average molecular weight is 336 g/mol. The quantitative estimate of drug-likeness (QED) is 0.794. The topological polar surface area (TPSA) is 51.2 Å². The van der Waals surface area contributed by atoms with Gasteiger partial charge in [0.2, 0.25) is 5.88 Å². The second-order valence-corrected chi connectivity index (χ2v) is 6.65. The number of carbonyl (C=O) groups is 1. The predicted molar refractivity (Wildman–Crippen MR) is 94.0 cm³/mol. The zero-order valence-electron chi connectivity index (χ0n) is 12.9. The highest BCUT2D eigenvalue weighted by Gasteiger charge is 2.32. The minimum absolute atomic E-state index is 0.0968. The Labute approximate surface area is 144 Å². The molecule has 1 atom stereocenters. The Hall–Kier alpha value is -2.66. The van der Waals surface area contributed by atoms with Gasteiger partial charge in [0.25, 0.3) is 5.91 Å². The van der Waals surface area contributed by atoms with Gasteiger partial charge in [-0.25, -0.2) is 4.98 Å². The number of nitrogens with zero attached hydrogens (tertiary/aromatic N) is 1. The molecule has 1 aliphatic rings. The van der Waals surface area contributed by atoms with Crippen LogP contribution in [-0.4, -0.2) is 17.0 Å². The van der Waals surface area contributed by atoms with E-state index in [4.69, 9.17) is 4.74 Å². The number of nitrogens with one attached hydrogen (secondary N) is 1. The second kappa shape index (κ2) is 6.45. The third-order valence-corrected chi connectivity index (χ3v) is 4.93. The lowest BCUT2D eigenvalue weighted by atomic mass is 9.99. The molecule has 0 spiro atoms. The Balaban J connectivity index is 1.51. The SMILES string of the molecule is O=C(NCc1cccs1)C1Cc2c(-c3ccccc3)ccnc2O1. The lowest BCUT2D eigenvalue weighted by molar-refractivity contribution is -0.127. The summed E-state index contributed by atoms with van der Waals surface area (Å²) in [6, 6.07) is 16.1. The summed E-state index contributed by atoms with van der Waals surface area (Å²) in [5, 5.41) is 4.94. The van der Waals surface area contributed by atoms with Crippen molar-refractivity contribution in [3.63, 3.8) is 0 Å². The minimum atomic E-state index is -0.516. The Kier molecular flexibility index (Phi) is 4.01. The zero-order chi connectivity index (χ0) is 16.4. The minimum Gasteiger partial charge on any atom is -0.464 e. The maximum atomic E-state index is 12.4. The standard InChI is InChI=1S/C19H16N2O2S/c22-18(21-12-14-7-4-10-24-14)17-11-16-15(8-9-20-19(16)23-17)13-5-2-1-3-6-13/h1-10,17H,11-12H2,(H,21,22). The molecule has 120 valence electrons. The van der Waals surface area contributed by atoms with E-state index in [0.717, 1.165) is 21.6 Å². The molecule has 0 bridgehead atoms. The normalized spacial score (nSPS) is 15.6. The predicted octanol–water partition coefficient (Wildman–Crippen LogP) is 3.43. The van der Waals surface area contributed by atoms with Crippen LogP contribution < -0.4 is 10.1 Å². The van der Waals surface area contributed by atoms with Crippen molar-refractivity contribution in [1.29, 1.82) is 0 Å². The van der Waals surface area contributed by atoms with Crippen LogP contribution in [0, 0.1) is 0 Å². The van der Waals surface area contributed by atoms with Gasteiger partial charge in [0.1, 0.15) is 0 Å². The first-order chi connectivity index (χ1) is 11.8. The summed E-state index contributed by atoms with van der Waals surface area (Å²) in [6.45, 7) is 0.533. The molecule has 3 aromatic rings. The van der Waals surface area contributed by atoms with E-state index in [1.54, 1.807) is 17.5 Å². The van der Waals surface area contributed by atoms with Crippen LogP contribution >= 0.6 is 11.3 Å². The van der Waals surface area contributed by atoms with E-state index in [2.05, 4.69) is 22.4 Å². The molecule has 0 saturated heterocycles. The Morgan fingerprint density at radius 2 is 2.08 bits per heavy atom. The molecule has 5 heteroatoms. The number of benzene rings is 1. The van der Waals surface area contributed by atoms with Crippen molar-refractivity contribution in [1.82, 2.24) is 10.3 Å². The van der Waals surface area contributed by atoms with Gasteiger partial charge in [-0.2, -0.15) is 0 Å². The molecule has 4 nitrogen and oxygen atoms in total. The van der Waals surface area contributed by atoms with Gasteiger partial charge in [-0.05, 0) is 28.6 Å². The van der Waals surface area contributed by atoms with E-state index < -0.39 is 6.10 Å². The first kappa shape index (κ1) is 14.9. The van der Waals surface area contributed by atoms with Gasteiger partial charge < -0.3 is 10.1 Å². The van der Waals surface area contributed by atoms with Crippen LogP contribution in [0.3, 0.4) is 0 Å². The van der Waals surface area contributed by atoms with E-state index in [9.17, 15) is 4.79 Å². The van der Waals surface area contributed by atoms with Crippen LogP contribution in [0.2, 0.25) is 0 Å². The van der Waals surface area contributed by atoms with Gasteiger partial charge in [-0.3, -0.25) is 4.79 Å². The van der Waals surface area contributed by atoms with Gasteiger partial charge in [-0.15, -0.1) is 11.3 Å². The monoisotopic (exact) mass is 336 g/mol. The number of rotatable bonds is 4. The molecule has 2 aromatic heterocycles. The van der Waals surface area contributed by atoms with Crippen LogP contribution in [0.5, 0.6) is 5.88 Å². The van der Waals surface area contributed by atoms with Gasteiger partial charge >= 0.3 is 0 Å². The van der Waals surface area contributed by atoms with E-state index >= 15 is 0 Å².